The molecule has 3 nitrogen and oxygen atoms in total. The van der Waals surface area contributed by atoms with Gasteiger partial charge in [0.05, 0.1) is 6.10 Å². The topological polar surface area (TPSA) is 46.5 Å². The molecule has 1 unspecified atom stereocenters. The third-order valence-corrected chi connectivity index (χ3v) is 6.85. The molecule has 1 fully saturated rings. The number of aliphatic hydroxyl groups excluding tert-OH is 1. The summed E-state index contributed by atoms with van der Waals surface area (Å²) in [5.74, 6) is 1.53. The molecule has 0 heterocycles. The van der Waals surface area contributed by atoms with Crippen LogP contribution in [0.3, 0.4) is 0 Å². The molecule has 1 aliphatic carbocycles. The summed E-state index contributed by atoms with van der Waals surface area (Å²) in [5.41, 5.74) is 1.06. The summed E-state index contributed by atoms with van der Waals surface area (Å²) in [6.45, 7) is 6.64. The van der Waals surface area contributed by atoms with E-state index in [2.05, 4.69) is 20.8 Å². The summed E-state index contributed by atoms with van der Waals surface area (Å²) in [6.07, 6.45) is 6.97. The standard InChI is InChI=1S/C20H31O3P/c1-16(2)19-12-11-17(3)14-20(19)23-24(22,15-21)13-7-10-18-8-5-4-6-9-18/h4-10,16-17,19-21H,11-15H2,1-3H3/b10-7+/t17-,19+,20-,24?/m1/s1. The molecular weight excluding hydrogens is 319 g/mol. The molecule has 24 heavy (non-hydrogen) atoms. The molecule has 1 N–H and O–H groups in total. The molecule has 0 spiro atoms. The van der Waals surface area contributed by atoms with Gasteiger partial charge in [0.1, 0.15) is 6.35 Å². The minimum absolute atomic E-state index is 0.00291. The molecule has 1 aliphatic rings. The van der Waals surface area contributed by atoms with Gasteiger partial charge in [-0.1, -0.05) is 69.7 Å². The lowest BCUT2D eigenvalue weighted by molar-refractivity contribution is 0.0456. The van der Waals surface area contributed by atoms with Gasteiger partial charge in [0.2, 0.25) is 7.37 Å². The van der Waals surface area contributed by atoms with Crippen molar-refractivity contribution in [3.8, 4) is 0 Å². The first-order chi connectivity index (χ1) is 11.4. The Bertz CT molecular complexity index is 568. The second-order valence-corrected chi connectivity index (χ2v) is 9.91. The van der Waals surface area contributed by atoms with Crippen molar-refractivity contribution in [1.29, 1.82) is 0 Å². The maximum absolute atomic E-state index is 13.0. The van der Waals surface area contributed by atoms with E-state index in [4.69, 9.17) is 4.52 Å². The van der Waals surface area contributed by atoms with Crippen LogP contribution in [0.5, 0.6) is 0 Å². The van der Waals surface area contributed by atoms with E-state index in [1.54, 1.807) is 0 Å². The van der Waals surface area contributed by atoms with Crippen LogP contribution < -0.4 is 0 Å². The molecule has 1 saturated carbocycles. The number of allylic oxidation sites excluding steroid dienone is 1. The molecule has 0 amide bonds. The predicted octanol–water partition coefficient (Wildman–Crippen LogP) is 5.41. The molecule has 0 bridgehead atoms. The van der Waals surface area contributed by atoms with E-state index in [0.717, 1.165) is 18.4 Å². The maximum atomic E-state index is 13.0. The first-order valence-electron chi connectivity index (χ1n) is 9.02. The lowest BCUT2D eigenvalue weighted by Gasteiger charge is -2.38. The molecule has 0 aromatic heterocycles. The van der Waals surface area contributed by atoms with E-state index in [9.17, 15) is 9.67 Å². The third kappa shape index (κ3) is 5.58. The second-order valence-electron chi connectivity index (χ2n) is 7.42. The molecular formula is C20H31O3P. The van der Waals surface area contributed by atoms with Crippen molar-refractivity contribution < 1.29 is 14.2 Å². The molecule has 1 aromatic carbocycles. The van der Waals surface area contributed by atoms with Crippen molar-refractivity contribution in [1.82, 2.24) is 0 Å². The van der Waals surface area contributed by atoms with Gasteiger partial charge in [0.25, 0.3) is 0 Å². The van der Waals surface area contributed by atoms with Crippen LogP contribution in [0.1, 0.15) is 45.6 Å². The van der Waals surface area contributed by atoms with E-state index in [1.807, 2.05) is 42.5 Å². The summed E-state index contributed by atoms with van der Waals surface area (Å²) in [4.78, 5) is 0. The quantitative estimate of drug-likeness (QED) is 0.669. The van der Waals surface area contributed by atoms with Gasteiger partial charge >= 0.3 is 0 Å². The molecule has 134 valence electrons. The van der Waals surface area contributed by atoms with Crippen LogP contribution in [0, 0.1) is 17.8 Å². The average molecular weight is 350 g/mol. The van der Waals surface area contributed by atoms with Crippen LogP contribution >= 0.6 is 7.37 Å². The van der Waals surface area contributed by atoms with E-state index in [0.29, 0.717) is 17.8 Å². The van der Waals surface area contributed by atoms with Crippen molar-refractivity contribution >= 4 is 13.4 Å². The SMILES string of the molecule is CC(C)[C@@H]1CC[C@@H](C)C[C@H]1OP(=O)(CO)C/C=C/c1ccccc1. The zero-order valence-corrected chi connectivity index (χ0v) is 16.0. The lowest BCUT2D eigenvalue weighted by Crippen LogP contribution is -2.34. The molecule has 2 rings (SSSR count). The first kappa shape index (κ1) is 19.4. The highest BCUT2D eigenvalue weighted by Gasteiger charge is 2.36. The average Bonchev–Trinajstić information content (AvgIpc) is 2.55. The lowest BCUT2D eigenvalue weighted by atomic mass is 9.75. The summed E-state index contributed by atoms with van der Waals surface area (Å²) in [5, 5.41) is 9.68. The van der Waals surface area contributed by atoms with E-state index < -0.39 is 7.37 Å². The second kappa shape index (κ2) is 8.99. The predicted molar refractivity (Wildman–Crippen MR) is 101 cm³/mol. The maximum Gasteiger partial charge on any atom is 0.231 e. The highest BCUT2D eigenvalue weighted by atomic mass is 31.2. The minimum atomic E-state index is -3.04. The highest BCUT2D eigenvalue weighted by Crippen LogP contribution is 2.51. The van der Waals surface area contributed by atoms with Crippen LogP contribution in [-0.4, -0.2) is 23.7 Å². The highest BCUT2D eigenvalue weighted by molar-refractivity contribution is 7.58. The van der Waals surface area contributed by atoms with Crippen molar-refractivity contribution in [2.45, 2.75) is 46.1 Å². The van der Waals surface area contributed by atoms with Gasteiger partial charge < -0.3 is 9.63 Å². The fourth-order valence-corrected chi connectivity index (χ4v) is 4.96. The summed E-state index contributed by atoms with van der Waals surface area (Å²) in [7, 11) is -3.04. The zero-order chi connectivity index (χ0) is 17.6. The molecule has 4 atom stereocenters. The minimum Gasteiger partial charge on any atom is -0.386 e. The Morgan fingerprint density at radius 2 is 2.00 bits per heavy atom. The van der Waals surface area contributed by atoms with Gasteiger partial charge in [-0.05, 0) is 36.2 Å². The molecule has 0 radical (unpaired) electrons. The summed E-state index contributed by atoms with van der Waals surface area (Å²) < 4.78 is 19.1. The van der Waals surface area contributed by atoms with Crippen LogP contribution in [0.25, 0.3) is 6.08 Å². The van der Waals surface area contributed by atoms with Gasteiger partial charge in [0, 0.05) is 6.16 Å². The normalized spacial score (nSPS) is 27.5. The van der Waals surface area contributed by atoms with Crippen LogP contribution in [0.15, 0.2) is 36.4 Å². The Morgan fingerprint density at radius 3 is 2.62 bits per heavy atom. The Morgan fingerprint density at radius 1 is 1.29 bits per heavy atom. The third-order valence-electron chi connectivity index (χ3n) is 5.00. The van der Waals surface area contributed by atoms with Crippen molar-refractivity contribution in [2.24, 2.45) is 17.8 Å². The van der Waals surface area contributed by atoms with Crippen LogP contribution in [-0.2, 0) is 9.09 Å². The monoisotopic (exact) mass is 350 g/mol. The fraction of sp³-hybridized carbons (Fsp3) is 0.600. The number of hydrogen-bond acceptors (Lipinski definition) is 3. The summed E-state index contributed by atoms with van der Waals surface area (Å²) in [6, 6.07) is 9.91. The van der Waals surface area contributed by atoms with E-state index in [-0.39, 0.29) is 18.6 Å². The van der Waals surface area contributed by atoms with E-state index >= 15 is 0 Å². The smallest absolute Gasteiger partial charge is 0.231 e. The summed E-state index contributed by atoms with van der Waals surface area (Å²) >= 11 is 0. The van der Waals surface area contributed by atoms with Crippen LogP contribution in [0.4, 0.5) is 0 Å². The van der Waals surface area contributed by atoms with Crippen molar-refractivity contribution in [3.63, 3.8) is 0 Å². The Balaban J connectivity index is 2.02. The van der Waals surface area contributed by atoms with Gasteiger partial charge in [-0.2, -0.15) is 0 Å². The number of benzene rings is 1. The molecule has 0 aliphatic heterocycles. The molecule has 0 saturated heterocycles. The first-order valence-corrected chi connectivity index (χ1v) is 11.0. The largest absolute Gasteiger partial charge is 0.386 e. The molecule has 4 heteroatoms. The van der Waals surface area contributed by atoms with Gasteiger partial charge in [-0.25, -0.2) is 0 Å². The van der Waals surface area contributed by atoms with Crippen molar-refractivity contribution in [2.75, 3.05) is 12.5 Å². The Hall–Kier alpha value is -0.890. The van der Waals surface area contributed by atoms with Crippen LogP contribution in [0.2, 0.25) is 0 Å². The Kier molecular flexibility index (Phi) is 7.28. The Labute approximate surface area is 146 Å². The number of rotatable bonds is 7. The van der Waals surface area contributed by atoms with E-state index in [1.165, 1.54) is 6.42 Å². The molecule has 1 aromatic rings. The van der Waals surface area contributed by atoms with Gasteiger partial charge in [0.15, 0.2) is 0 Å². The van der Waals surface area contributed by atoms with Gasteiger partial charge in [-0.15, -0.1) is 0 Å². The van der Waals surface area contributed by atoms with Gasteiger partial charge in [-0.3, -0.25) is 4.57 Å². The fourth-order valence-electron chi connectivity index (χ4n) is 3.53. The zero-order valence-electron chi connectivity index (χ0n) is 15.1. The van der Waals surface area contributed by atoms with Crippen molar-refractivity contribution in [3.05, 3.63) is 42.0 Å². The number of aliphatic hydroxyl groups is 1. The number of hydrogen-bond donors (Lipinski definition) is 1.